The third kappa shape index (κ3) is 5.17. The first-order valence-corrected chi connectivity index (χ1v) is 8.33. The summed E-state index contributed by atoms with van der Waals surface area (Å²) < 4.78 is 10.6. The van der Waals surface area contributed by atoms with E-state index in [-0.39, 0.29) is 19.6 Å². The number of likely N-dealkylation sites (tertiary alicyclic amines) is 1. The number of nitrogens with zero attached hydrogens (tertiary/aromatic N) is 1. The minimum absolute atomic E-state index is 0.133. The van der Waals surface area contributed by atoms with E-state index in [1.165, 1.54) is 4.90 Å². The molecule has 2 rings (SSSR count). The lowest BCUT2D eigenvalue weighted by molar-refractivity contribution is -0.159. The number of aliphatic hydroxyl groups excluding tert-OH is 1. The van der Waals surface area contributed by atoms with Crippen molar-refractivity contribution in [3.05, 3.63) is 35.9 Å². The molecule has 0 saturated carbocycles. The maximum Gasteiger partial charge on any atom is 0.411 e. The lowest BCUT2D eigenvalue weighted by atomic mass is 9.92. The van der Waals surface area contributed by atoms with Crippen LogP contribution in [-0.2, 0) is 20.9 Å². The van der Waals surface area contributed by atoms with Crippen LogP contribution in [0.25, 0.3) is 0 Å². The number of rotatable bonds is 3. The van der Waals surface area contributed by atoms with E-state index in [1.807, 2.05) is 30.3 Å². The monoisotopic (exact) mass is 350 g/mol. The van der Waals surface area contributed by atoms with Gasteiger partial charge in [-0.1, -0.05) is 30.3 Å². The quantitative estimate of drug-likeness (QED) is 0.804. The van der Waals surface area contributed by atoms with Gasteiger partial charge < -0.3 is 20.3 Å². The number of aliphatic hydroxyl groups is 1. The minimum Gasteiger partial charge on any atom is -0.461 e. The van der Waals surface area contributed by atoms with Crippen molar-refractivity contribution in [3.8, 4) is 0 Å². The van der Waals surface area contributed by atoms with Crippen LogP contribution < -0.4 is 5.73 Å². The first kappa shape index (κ1) is 19.2. The molecule has 1 aromatic rings. The average Bonchev–Trinajstić information content (AvgIpc) is 2.54. The van der Waals surface area contributed by atoms with Crippen LogP contribution in [0, 0.1) is 5.92 Å². The van der Waals surface area contributed by atoms with Gasteiger partial charge in [-0.2, -0.15) is 0 Å². The molecule has 1 saturated heterocycles. The molecule has 1 aliphatic rings. The predicted molar refractivity (Wildman–Crippen MR) is 91.3 cm³/mol. The molecule has 1 fully saturated rings. The van der Waals surface area contributed by atoms with E-state index >= 15 is 0 Å². The number of carbonyl (C=O) groups is 2. The third-order valence-electron chi connectivity index (χ3n) is 3.96. The Kier molecular flexibility index (Phi) is 6.02. The molecule has 0 spiro atoms. The van der Waals surface area contributed by atoms with Gasteiger partial charge >= 0.3 is 12.1 Å². The Morgan fingerprint density at radius 1 is 1.28 bits per heavy atom. The average molecular weight is 350 g/mol. The summed E-state index contributed by atoms with van der Waals surface area (Å²) in [6.45, 7) is 5.60. The molecule has 0 aliphatic carbocycles. The molecule has 0 aromatic heterocycles. The number of hydrogen-bond acceptors (Lipinski definition) is 6. The largest absolute Gasteiger partial charge is 0.461 e. The second-order valence-corrected chi connectivity index (χ2v) is 7.14. The van der Waals surface area contributed by atoms with E-state index in [0.29, 0.717) is 0 Å². The van der Waals surface area contributed by atoms with Crippen molar-refractivity contribution in [2.45, 2.75) is 51.7 Å². The van der Waals surface area contributed by atoms with Crippen molar-refractivity contribution >= 4 is 12.1 Å². The minimum atomic E-state index is -1.20. The lowest BCUT2D eigenvalue weighted by Gasteiger charge is -2.40. The summed E-state index contributed by atoms with van der Waals surface area (Å²) in [6.07, 6.45) is -2.56. The molecule has 1 aliphatic heterocycles. The van der Waals surface area contributed by atoms with Crippen molar-refractivity contribution in [1.82, 2.24) is 4.90 Å². The standard InChI is InChI=1S/C18H26N2O5/c1-18(2,3)25-17(23)20-10-9-13(14(21)15(20)19)16(22)24-11-12-7-5-4-6-8-12/h4-8,13-15,21H,9-11,19H2,1-3H3. The summed E-state index contributed by atoms with van der Waals surface area (Å²) in [7, 11) is 0. The predicted octanol–water partition coefficient (Wildman–Crippen LogP) is 1.63. The molecule has 1 amide bonds. The number of benzene rings is 1. The van der Waals surface area contributed by atoms with Gasteiger partial charge in [0.1, 0.15) is 24.5 Å². The molecule has 25 heavy (non-hydrogen) atoms. The van der Waals surface area contributed by atoms with Crippen molar-refractivity contribution < 1.29 is 24.2 Å². The van der Waals surface area contributed by atoms with E-state index in [9.17, 15) is 14.7 Å². The second-order valence-electron chi connectivity index (χ2n) is 7.14. The summed E-state index contributed by atoms with van der Waals surface area (Å²) in [4.78, 5) is 25.7. The number of nitrogens with two attached hydrogens (primary N) is 1. The molecular formula is C18H26N2O5. The molecule has 0 bridgehead atoms. The molecule has 3 atom stereocenters. The van der Waals surface area contributed by atoms with Crippen LogP contribution in [0.15, 0.2) is 30.3 Å². The Labute approximate surface area is 147 Å². The fourth-order valence-corrected chi connectivity index (χ4v) is 2.65. The number of amides is 1. The van der Waals surface area contributed by atoms with Crippen molar-refractivity contribution in [3.63, 3.8) is 0 Å². The topological polar surface area (TPSA) is 102 Å². The number of piperidine rings is 1. The zero-order valence-corrected chi connectivity index (χ0v) is 14.8. The first-order chi connectivity index (χ1) is 11.7. The molecule has 3 N–H and O–H groups in total. The SMILES string of the molecule is CC(C)(C)OC(=O)N1CCC(C(=O)OCc2ccccc2)C(O)C1N. The summed E-state index contributed by atoms with van der Waals surface area (Å²) in [6, 6.07) is 9.28. The highest BCUT2D eigenvalue weighted by Gasteiger charge is 2.42. The van der Waals surface area contributed by atoms with Crippen LogP contribution in [0.5, 0.6) is 0 Å². The van der Waals surface area contributed by atoms with E-state index in [1.54, 1.807) is 20.8 Å². The molecule has 0 radical (unpaired) electrons. The highest BCUT2D eigenvalue weighted by molar-refractivity contribution is 5.74. The van der Waals surface area contributed by atoms with Gasteiger partial charge in [0.05, 0.1) is 5.92 Å². The molecule has 3 unspecified atom stereocenters. The van der Waals surface area contributed by atoms with Crippen LogP contribution in [0.1, 0.15) is 32.8 Å². The van der Waals surface area contributed by atoms with Gasteiger partial charge in [0, 0.05) is 6.54 Å². The fourth-order valence-electron chi connectivity index (χ4n) is 2.65. The Balaban J connectivity index is 1.92. The normalized spacial score (nSPS) is 23.9. The van der Waals surface area contributed by atoms with Crippen LogP contribution in [0.3, 0.4) is 0 Å². The second kappa shape index (κ2) is 7.84. The van der Waals surface area contributed by atoms with Gasteiger partial charge in [0.2, 0.25) is 0 Å². The van der Waals surface area contributed by atoms with Gasteiger partial charge in [0.15, 0.2) is 0 Å². The summed E-state index contributed by atoms with van der Waals surface area (Å²) in [5, 5.41) is 10.3. The number of ether oxygens (including phenoxy) is 2. The van der Waals surface area contributed by atoms with E-state index in [2.05, 4.69) is 0 Å². The maximum atomic E-state index is 12.3. The van der Waals surface area contributed by atoms with E-state index in [4.69, 9.17) is 15.2 Å². The molecular weight excluding hydrogens is 324 g/mol. The van der Waals surface area contributed by atoms with Gasteiger partial charge in [-0.3, -0.25) is 9.69 Å². The lowest BCUT2D eigenvalue weighted by Crippen LogP contribution is -2.61. The summed E-state index contributed by atoms with van der Waals surface area (Å²) in [5.74, 6) is -1.28. The highest BCUT2D eigenvalue weighted by atomic mass is 16.6. The number of carbonyl (C=O) groups excluding carboxylic acids is 2. The van der Waals surface area contributed by atoms with Gasteiger partial charge in [-0.25, -0.2) is 4.79 Å². The zero-order valence-electron chi connectivity index (χ0n) is 14.8. The molecule has 7 nitrogen and oxygen atoms in total. The van der Waals surface area contributed by atoms with Gasteiger partial charge in [-0.05, 0) is 32.8 Å². The van der Waals surface area contributed by atoms with Gasteiger partial charge in [0.25, 0.3) is 0 Å². The van der Waals surface area contributed by atoms with Crippen LogP contribution in [-0.4, -0.2) is 46.5 Å². The third-order valence-corrected chi connectivity index (χ3v) is 3.96. The van der Waals surface area contributed by atoms with Crippen molar-refractivity contribution in [2.75, 3.05) is 6.54 Å². The Morgan fingerprint density at radius 3 is 2.52 bits per heavy atom. The van der Waals surface area contributed by atoms with Crippen LogP contribution >= 0.6 is 0 Å². The molecule has 138 valence electrons. The summed E-state index contributed by atoms with van der Waals surface area (Å²) in [5.41, 5.74) is 6.15. The summed E-state index contributed by atoms with van der Waals surface area (Å²) >= 11 is 0. The fraction of sp³-hybridized carbons (Fsp3) is 0.556. The molecule has 7 heteroatoms. The Morgan fingerprint density at radius 2 is 1.92 bits per heavy atom. The smallest absolute Gasteiger partial charge is 0.411 e. The molecule has 1 aromatic carbocycles. The van der Waals surface area contributed by atoms with Gasteiger partial charge in [-0.15, -0.1) is 0 Å². The van der Waals surface area contributed by atoms with Crippen LogP contribution in [0.2, 0.25) is 0 Å². The van der Waals surface area contributed by atoms with E-state index < -0.39 is 35.9 Å². The Bertz CT molecular complexity index is 599. The number of esters is 1. The highest BCUT2D eigenvalue weighted by Crippen LogP contribution is 2.24. The maximum absolute atomic E-state index is 12.3. The number of hydrogen-bond donors (Lipinski definition) is 2. The zero-order chi connectivity index (χ0) is 18.6. The van der Waals surface area contributed by atoms with Crippen molar-refractivity contribution in [1.29, 1.82) is 0 Å². The van der Waals surface area contributed by atoms with E-state index in [0.717, 1.165) is 5.56 Å². The first-order valence-electron chi connectivity index (χ1n) is 8.33. The Hall–Kier alpha value is -2.12. The molecule has 1 heterocycles. The van der Waals surface area contributed by atoms with Crippen molar-refractivity contribution in [2.24, 2.45) is 11.7 Å². The van der Waals surface area contributed by atoms with Crippen LogP contribution in [0.4, 0.5) is 4.79 Å².